The molecule has 3 N–H and O–H groups in total. The zero-order chi connectivity index (χ0) is 21.0. The van der Waals surface area contributed by atoms with E-state index in [1.54, 1.807) is 19.1 Å². The van der Waals surface area contributed by atoms with Crippen molar-refractivity contribution < 1.29 is 24.2 Å². The SMILES string of the molecule is C=CCCC(=O)OC(C)CNC(=O)C(CC=C)CC(=O)NC1(CO)CCCC1. The molecule has 1 aliphatic carbocycles. The molecular formula is C21H34N2O5. The summed E-state index contributed by atoms with van der Waals surface area (Å²) in [6, 6.07) is 0. The van der Waals surface area contributed by atoms with Crippen molar-refractivity contribution in [2.45, 2.75) is 69.9 Å². The van der Waals surface area contributed by atoms with Gasteiger partial charge in [0, 0.05) is 12.8 Å². The van der Waals surface area contributed by atoms with Gasteiger partial charge >= 0.3 is 5.97 Å². The summed E-state index contributed by atoms with van der Waals surface area (Å²) < 4.78 is 5.21. The maximum atomic E-state index is 12.5. The summed E-state index contributed by atoms with van der Waals surface area (Å²) in [4.78, 5) is 36.5. The van der Waals surface area contributed by atoms with Crippen LogP contribution in [0.2, 0.25) is 0 Å². The number of aliphatic hydroxyl groups excluding tert-OH is 1. The summed E-state index contributed by atoms with van der Waals surface area (Å²) in [5, 5.41) is 15.3. The van der Waals surface area contributed by atoms with Gasteiger partial charge in [0.05, 0.1) is 24.6 Å². The highest BCUT2D eigenvalue weighted by Gasteiger charge is 2.35. The second-order valence-electron chi connectivity index (χ2n) is 7.49. The minimum absolute atomic E-state index is 0.0209. The Kier molecular flexibility index (Phi) is 10.5. The molecule has 0 aromatic carbocycles. The van der Waals surface area contributed by atoms with E-state index in [-0.39, 0.29) is 43.8 Å². The monoisotopic (exact) mass is 394 g/mol. The summed E-state index contributed by atoms with van der Waals surface area (Å²) in [6.45, 7) is 9.00. The molecule has 2 amide bonds. The molecular weight excluding hydrogens is 360 g/mol. The van der Waals surface area contributed by atoms with Gasteiger partial charge in [0.15, 0.2) is 0 Å². The number of nitrogens with one attached hydrogen (secondary N) is 2. The van der Waals surface area contributed by atoms with E-state index in [0.717, 1.165) is 25.7 Å². The Balaban J connectivity index is 2.49. The third-order valence-corrected chi connectivity index (χ3v) is 4.97. The Morgan fingerprint density at radius 3 is 2.46 bits per heavy atom. The molecule has 1 rings (SSSR count). The zero-order valence-corrected chi connectivity index (χ0v) is 16.9. The molecule has 1 saturated carbocycles. The first kappa shape index (κ1) is 23.9. The van der Waals surface area contributed by atoms with Crippen LogP contribution in [-0.2, 0) is 19.1 Å². The van der Waals surface area contributed by atoms with Crippen molar-refractivity contribution in [3.8, 4) is 0 Å². The predicted molar refractivity (Wildman–Crippen MR) is 107 cm³/mol. The highest BCUT2D eigenvalue weighted by Crippen LogP contribution is 2.29. The lowest BCUT2D eigenvalue weighted by molar-refractivity contribution is -0.148. The van der Waals surface area contributed by atoms with E-state index >= 15 is 0 Å². The zero-order valence-electron chi connectivity index (χ0n) is 16.9. The number of carbonyl (C=O) groups is 3. The van der Waals surface area contributed by atoms with Gasteiger partial charge in [0.2, 0.25) is 11.8 Å². The van der Waals surface area contributed by atoms with Crippen molar-refractivity contribution in [1.29, 1.82) is 0 Å². The summed E-state index contributed by atoms with van der Waals surface area (Å²) >= 11 is 0. The molecule has 0 aromatic heterocycles. The summed E-state index contributed by atoms with van der Waals surface area (Å²) in [6.07, 6.45) is 7.42. The molecule has 0 aliphatic heterocycles. The number of carbonyl (C=O) groups excluding carboxylic acids is 3. The van der Waals surface area contributed by atoms with Gasteiger partial charge in [-0.1, -0.05) is 25.0 Å². The first-order chi connectivity index (χ1) is 13.4. The van der Waals surface area contributed by atoms with Crippen LogP contribution in [0.4, 0.5) is 0 Å². The third kappa shape index (κ3) is 8.25. The quantitative estimate of drug-likeness (QED) is 0.327. The van der Waals surface area contributed by atoms with Crippen LogP contribution in [0.5, 0.6) is 0 Å². The lowest BCUT2D eigenvalue weighted by atomic mass is 9.95. The summed E-state index contributed by atoms with van der Waals surface area (Å²) in [5.41, 5.74) is -0.555. The second-order valence-corrected chi connectivity index (χ2v) is 7.49. The van der Waals surface area contributed by atoms with E-state index in [2.05, 4.69) is 23.8 Å². The van der Waals surface area contributed by atoms with Crippen molar-refractivity contribution in [1.82, 2.24) is 10.6 Å². The number of aliphatic hydroxyl groups is 1. The minimum atomic E-state index is -0.557. The van der Waals surface area contributed by atoms with Crippen LogP contribution >= 0.6 is 0 Å². The molecule has 28 heavy (non-hydrogen) atoms. The largest absolute Gasteiger partial charge is 0.461 e. The van der Waals surface area contributed by atoms with Gasteiger partial charge in [0.25, 0.3) is 0 Å². The van der Waals surface area contributed by atoms with E-state index in [1.807, 2.05) is 0 Å². The summed E-state index contributed by atoms with van der Waals surface area (Å²) in [5.74, 6) is -1.43. The highest BCUT2D eigenvalue weighted by atomic mass is 16.5. The lowest BCUT2D eigenvalue weighted by Gasteiger charge is -2.28. The van der Waals surface area contributed by atoms with E-state index in [4.69, 9.17) is 4.74 Å². The molecule has 7 heteroatoms. The van der Waals surface area contributed by atoms with Crippen LogP contribution in [0.15, 0.2) is 25.3 Å². The molecule has 0 heterocycles. The Morgan fingerprint density at radius 2 is 1.89 bits per heavy atom. The maximum absolute atomic E-state index is 12.5. The molecule has 2 unspecified atom stereocenters. The van der Waals surface area contributed by atoms with E-state index in [1.165, 1.54) is 0 Å². The van der Waals surface area contributed by atoms with Gasteiger partial charge in [-0.25, -0.2) is 0 Å². The number of hydrogen-bond acceptors (Lipinski definition) is 5. The topological polar surface area (TPSA) is 105 Å². The molecule has 0 bridgehead atoms. The van der Waals surface area contributed by atoms with Crippen molar-refractivity contribution in [3.05, 3.63) is 25.3 Å². The van der Waals surface area contributed by atoms with Crippen LogP contribution in [0, 0.1) is 5.92 Å². The van der Waals surface area contributed by atoms with Gasteiger partial charge in [-0.05, 0) is 32.6 Å². The molecule has 0 aromatic rings. The molecule has 2 atom stereocenters. The Labute approximate surface area is 167 Å². The molecule has 7 nitrogen and oxygen atoms in total. The molecule has 1 aliphatic rings. The van der Waals surface area contributed by atoms with Gasteiger partial charge in [0.1, 0.15) is 6.10 Å². The van der Waals surface area contributed by atoms with Crippen LogP contribution in [0.1, 0.15) is 58.3 Å². The van der Waals surface area contributed by atoms with E-state index in [9.17, 15) is 19.5 Å². The maximum Gasteiger partial charge on any atom is 0.306 e. The number of allylic oxidation sites excluding steroid dienone is 2. The van der Waals surface area contributed by atoms with Gasteiger partial charge < -0.3 is 20.5 Å². The van der Waals surface area contributed by atoms with Crippen molar-refractivity contribution in [3.63, 3.8) is 0 Å². The number of rotatable bonds is 13. The molecule has 0 radical (unpaired) electrons. The average Bonchev–Trinajstić information content (AvgIpc) is 3.12. The second kappa shape index (κ2) is 12.3. The first-order valence-corrected chi connectivity index (χ1v) is 9.96. The Morgan fingerprint density at radius 1 is 1.21 bits per heavy atom. The normalized spacial score (nSPS) is 17.2. The van der Waals surface area contributed by atoms with E-state index < -0.39 is 17.6 Å². The fourth-order valence-corrected chi connectivity index (χ4v) is 3.36. The Hall–Kier alpha value is -2.15. The molecule has 1 fully saturated rings. The Bertz CT molecular complexity index is 555. The number of ether oxygens (including phenoxy) is 1. The fraction of sp³-hybridized carbons (Fsp3) is 0.667. The fourth-order valence-electron chi connectivity index (χ4n) is 3.36. The van der Waals surface area contributed by atoms with Crippen LogP contribution < -0.4 is 10.6 Å². The minimum Gasteiger partial charge on any atom is -0.461 e. The summed E-state index contributed by atoms with van der Waals surface area (Å²) in [7, 11) is 0. The van der Waals surface area contributed by atoms with Crippen LogP contribution in [0.25, 0.3) is 0 Å². The molecule has 158 valence electrons. The molecule has 0 saturated heterocycles. The first-order valence-electron chi connectivity index (χ1n) is 9.96. The lowest BCUT2D eigenvalue weighted by Crippen LogP contribution is -2.50. The number of esters is 1. The molecule has 0 spiro atoms. The van der Waals surface area contributed by atoms with E-state index in [0.29, 0.717) is 12.8 Å². The standard InChI is InChI=1S/C21H34N2O5/c1-4-6-10-19(26)28-16(3)14-22-20(27)17(9-5-2)13-18(25)23-21(15-24)11-7-8-12-21/h4-5,16-17,24H,1-2,6-15H2,3H3,(H,22,27)(H,23,25). The van der Waals surface area contributed by atoms with Crippen molar-refractivity contribution in [2.24, 2.45) is 5.92 Å². The highest BCUT2D eigenvalue weighted by molar-refractivity contribution is 5.86. The predicted octanol–water partition coefficient (Wildman–Crippen LogP) is 2.00. The van der Waals surface area contributed by atoms with Gasteiger partial charge in [-0.15, -0.1) is 13.2 Å². The van der Waals surface area contributed by atoms with Crippen LogP contribution in [-0.4, -0.2) is 47.7 Å². The third-order valence-electron chi connectivity index (χ3n) is 4.97. The smallest absolute Gasteiger partial charge is 0.306 e. The van der Waals surface area contributed by atoms with Gasteiger partial charge in [-0.2, -0.15) is 0 Å². The average molecular weight is 395 g/mol. The van der Waals surface area contributed by atoms with Gasteiger partial charge in [-0.3, -0.25) is 14.4 Å². The van der Waals surface area contributed by atoms with Crippen molar-refractivity contribution >= 4 is 17.8 Å². The van der Waals surface area contributed by atoms with Crippen molar-refractivity contribution in [2.75, 3.05) is 13.2 Å². The van der Waals surface area contributed by atoms with Crippen LogP contribution in [0.3, 0.4) is 0 Å². The number of hydrogen-bond donors (Lipinski definition) is 3. The number of amides is 2.